The molecule has 18 heavy (non-hydrogen) atoms. The SMILES string of the molecule is Cc1ccc(Oc2c(Cl)cccc2[N+](=O)[O-])cc1. The smallest absolute Gasteiger partial charge is 0.313 e. The molecule has 0 amide bonds. The Labute approximate surface area is 109 Å². The highest BCUT2D eigenvalue weighted by Gasteiger charge is 2.18. The molecule has 4 nitrogen and oxygen atoms in total. The molecule has 0 unspecified atom stereocenters. The van der Waals surface area contributed by atoms with E-state index in [2.05, 4.69) is 0 Å². The van der Waals surface area contributed by atoms with E-state index in [0.717, 1.165) is 5.56 Å². The molecular formula is C13H10ClNO3. The summed E-state index contributed by atoms with van der Waals surface area (Å²) < 4.78 is 5.48. The number of aryl methyl sites for hydroxylation is 1. The van der Waals surface area contributed by atoms with Crippen molar-refractivity contribution in [3.63, 3.8) is 0 Å². The van der Waals surface area contributed by atoms with Gasteiger partial charge in [0.25, 0.3) is 0 Å². The van der Waals surface area contributed by atoms with E-state index in [4.69, 9.17) is 16.3 Å². The van der Waals surface area contributed by atoms with Gasteiger partial charge in [0.2, 0.25) is 5.75 Å². The maximum absolute atomic E-state index is 10.9. The Balaban J connectivity index is 2.39. The van der Waals surface area contributed by atoms with E-state index in [0.29, 0.717) is 5.75 Å². The Bertz CT molecular complexity index is 581. The molecule has 92 valence electrons. The largest absolute Gasteiger partial charge is 0.449 e. The summed E-state index contributed by atoms with van der Waals surface area (Å²) in [4.78, 5) is 10.4. The highest BCUT2D eigenvalue weighted by molar-refractivity contribution is 6.32. The lowest BCUT2D eigenvalue weighted by atomic mass is 10.2. The zero-order valence-corrected chi connectivity index (χ0v) is 10.3. The van der Waals surface area contributed by atoms with Crippen LogP contribution in [0.25, 0.3) is 0 Å². The van der Waals surface area contributed by atoms with Crippen LogP contribution < -0.4 is 4.74 Å². The van der Waals surface area contributed by atoms with Gasteiger partial charge >= 0.3 is 5.69 Å². The minimum absolute atomic E-state index is 0.0630. The standard InChI is InChI=1S/C13H10ClNO3/c1-9-5-7-10(8-6-9)18-13-11(14)3-2-4-12(13)15(16)17/h2-8H,1H3. The third kappa shape index (κ3) is 2.60. The number of hydrogen-bond acceptors (Lipinski definition) is 3. The second-order valence-electron chi connectivity index (χ2n) is 3.76. The zero-order valence-electron chi connectivity index (χ0n) is 9.59. The average molecular weight is 264 g/mol. The van der Waals surface area contributed by atoms with Gasteiger partial charge in [0.05, 0.1) is 9.95 Å². The number of benzene rings is 2. The third-order valence-electron chi connectivity index (χ3n) is 2.38. The van der Waals surface area contributed by atoms with Gasteiger partial charge in [-0.15, -0.1) is 0 Å². The molecule has 0 aliphatic heterocycles. The second kappa shape index (κ2) is 5.06. The summed E-state index contributed by atoms with van der Waals surface area (Å²) in [5, 5.41) is 11.1. The summed E-state index contributed by atoms with van der Waals surface area (Å²) in [6, 6.07) is 11.6. The lowest BCUT2D eigenvalue weighted by molar-refractivity contribution is -0.385. The van der Waals surface area contributed by atoms with Crippen molar-refractivity contribution in [1.29, 1.82) is 0 Å². The lowest BCUT2D eigenvalue weighted by Crippen LogP contribution is -1.94. The number of para-hydroxylation sites is 1. The first-order valence-electron chi connectivity index (χ1n) is 5.25. The third-order valence-corrected chi connectivity index (χ3v) is 2.68. The van der Waals surface area contributed by atoms with Crippen LogP contribution in [0.1, 0.15) is 5.56 Å². The van der Waals surface area contributed by atoms with Crippen molar-refractivity contribution in [2.75, 3.05) is 0 Å². The van der Waals surface area contributed by atoms with E-state index >= 15 is 0 Å². The van der Waals surface area contributed by atoms with Crippen molar-refractivity contribution >= 4 is 17.3 Å². The van der Waals surface area contributed by atoms with Crippen molar-refractivity contribution in [2.45, 2.75) is 6.92 Å². The maximum Gasteiger partial charge on any atom is 0.313 e. The monoisotopic (exact) mass is 263 g/mol. The fourth-order valence-corrected chi connectivity index (χ4v) is 1.67. The molecular weight excluding hydrogens is 254 g/mol. The molecule has 0 aliphatic carbocycles. The first kappa shape index (κ1) is 12.4. The van der Waals surface area contributed by atoms with Gasteiger partial charge in [0.15, 0.2) is 0 Å². The van der Waals surface area contributed by atoms with E-state index < -0.39 is 4.92 Å². The predicted molar refractivity (Wildman–Crippen MR) is 69.4 cm³/mol. The number of rotatable bonds is 3. The molecule has 0 aliphatic rings. The van der Waals surface area contributed by atoms with Gasteiger partial charge < -0.3 is 4.74 Å². The quantitative estimate of drug-likeness (QED) is 0.611. The molecule has 0 saturated carbocycles. The summed E-state index contributed by atoms with van der Waals surface area (Å²) in [6.45, 7) is 1.95. The van der Waals surface area contributed by atoms with E-state index in [9.17, 15) is 10.1 Å². The highest BCUT2D eigenvalue weighted by Crippen LogP contribution is 2.37. The fraction of sp³-hybridized carbons (Fsp3) is 0.0769. The van der Waals surface area contributed by atoms with Crippen LogP contribution in [0, 0.1) is 17.0 Å². The Hall–Kier alpha value is -2.07. The van der Waals surface area contributed by atoms with Crippen molar-refractivity contribution in [3.8, 4) is 11.5 Å². The van der Waals surface area contributed by atoms with E-state index in [1.807, 2.05) is 19.1 Å². The fourth-order valence-electron chi connectivity index (χ4n) is 1.47. The lowest BCUT2D eigenvalue weighted by Gasteiger charge is -2.07. The Morgan fingerprint density at radius 1 is 1.17 bits per heavy atom. The molecule has 0 N–H and O–H groups in total. The maximum atomic E-state index is 10.9. The normalized spacial score (nSPS) is 10.1. The van der Waals surface area contributed by atoms with Crippen LogP contribution in [-0.4, -0.2) is 4.92 Å². The van der Waals surface area contributed by atoms with Crippen molar-refractivity contribution < 1.29 is 9.66 Å². The molecule has 0 radical (unpaired) electrons. The minimum Gasteiger partial charge on any atom is -0.449 e. The van der Waals surface area contributed by atoms with Gasteiger partial charge in [-0.1, -0.05) is 35.4 Å². The van der Waals surface area contributed by atoms with Gasteiger partial charge in [0.1, 0.15) is 5.75 Å². The van der Waals surface area contributed by atoms with Gasteiger partial charge in [0, 0.05) is 6.07 Å². The van der Waals surface area contributed by atoms with Crippen LogP contribution in [0.3, 0.4) is 0 Å². The van der Waals surface area contributed by atoms with Crippen molar-refractivity contribution in [2.24, 2.45) is 0 Å². The van der Waals surface area contributed by atoms with E-state index in [1.165, 1.54) is 12.1 Å². The van der Waals surface area contributed by atoms with Crippen LogP contribution in [-0.2, 0) is 0 Å². The van der Waals surface area contributed by atoms with Gasteiger partial charge in [-0.2, -0.15) is 0 Å². The first-order chi connectivity index (χ1) is 8.58. The molecule has 2 aromatic carbocycles. The predicted octanol–water partition coefficient (Wildman–Crippen LogP) is 4.35. The molecule has 2 aromatic rings. The summed E-state index contributed by atoms with van der Waals surface area (Å²) in [5.41, 5.74) is 0.930. The topological polar surface area (TPSA) is 52.4 Å². The number of nitro benzene ring substituents is 1. The van der Waals surface area contributed by atoms with Crippen LogP contribution in [0.4, 0.5) is 5.69 Å². The van der Waals surface area contributed by atoms with Gasteiger partial charge in [-0.3, -0.25) is 10.1 Å². The molecule has 0 atom stereocenters. The summed E-state index contributed by atoms with van der Waals surface area (Å²) in [7, 11) is 0. The van der Waals surface area contributed by atoms with E-state index in [1.54, 1.807) is 18.2 Å². The van der Waals surface area contributed by atoms with Crippen molar-refractivity contribution in [1.82, 2.24) is 0 Å². The number of ether oxygens (including phenoxy) is 1. The van der Waals surface area contributed by atoms with Crippen LogP contribution in [0.5, 0.6) is 11.5 Å². The minimum atomic E-state index is -0.518. The van der Waals surface area contributed by atoms with Crippen LogP contribution >= 0.6 is 11.6 Å². The van der Waals surface area contributed by atoms with Crippen molar-refractivity contribution in [3.05, 3.63) is 63.2 Å². The molecule has 0 aromatic heterocycles. The van der Waals surface area contributed by atoms with Crippen LogP contribution in [0.15, 0.2) is 42.5 Å². The Morgan fingerprint density at radius 3 is 2.44 bits per heavy atom. The first-order valence-corrected chi connectivity index (χ1v) is 5.63. The average Bonchev–Trinajstić information content (AvgIpc) is 2.34. The number of halogens is 1. The molecule has 0 heterocycles. The molecule has 0 fully saturated rings. The highest BCUT2D eigenvalue weighted by atomic mass is 35.5. The summed E-state index contributed by atoms with van der Waals surface area (Å²) >= 11 is 5.93. The molecule has 0 saturated heterocycles. The van der Waals surface area contributed by atoms with Gasteiger partial charge in [-0.05, 0) is 25.1 Å². The number of hydrogen-bond donors (Lipinski definition) is 0. The molecule has 0 bridgehead atoms. The van der Waals surface area contributed by atoms with E-state index in [-0.39, 0.29) is 16.5 Å². The molecule has 0 spiro atoms. The van der Waals surface area contributed by atoms with Crippen LogP contribution in [0.2, 0.25) is 5.02 Å². The Morgan fingerprint density at radius 2 is 1.83 bits per heavy atom. The van der Waals surface area contributed by atoms with Gasteiger partial charge in [-0.25, -0.2) is 0 Å². The summed E-state index contributed by atoms with van der Waals surface area (Å²) in [6.07, 6.45) is 0. The summed E-state index contributed by atoms with van der Waals surface area (Å²) in [5.74, 6) is 0.574. The zero-order chi connectivity index (χ0) is 13.1. The Kier molecular flexibility index (Phi) is 3.48. The number of nitrogens with zero attached hydrogens (tertiary/aromatic N) is 1. The molecule has 5 heteroatoms. The molecule has 2 rings (SSSR count). The second-order valence-corrected chi connectivity index (χ2v) is 4.17. The number of nitro groups is 1.